The summed E-state index contributed by atoms with van der Waals surface area (Å²) in [7, 11) is 1.64. The van der Waals surface area contributed by atoms with E-state index in [-0.39, 0.29) is 11.8 Å². The van der Waals surface area contributed by atoms with Gasteiger partial charge in [-0.25, -0.2) is 0 Å². The zero-order valence-corrected chi connectivity index (χ0v) is 19.0. The molecule has 166 valence electrons. The van der Waals surface area contributed by atoms with Gasteiger partial charge < -0.3 is 15.0 Å². The summed E-state index contributed by atoms with van der Waals surface area (Å²) in [5.74, 6) is 0.910. The lowest BCUT2D eigenvalue weighted by Gasteiger charge is -2.22. The van der Waals surface area contributed by atoms with Gasteiger partial charge in [-0.15, -0.1) is 0 Å². The van der Waals surface area contributed by atoms with E-state index >= 15 is 0 Å². The Labute approximate surface area is 189 Å². The molecule has 0 radical (unpaired) electrons. The molecule has 2 aromatic carbocycles. The van der Waals surface area contributed by atoms with Crippen molar-refractivity contribution in [3.63, 3.8) is 0 Å². The van der Waals surface area contributed by atoms with Gasteiger partial charge in [-0.2, -0.15) is 0 Å². The van der Waals surface area contributed by atoms with Gasteiger partial charge in [0.25, 0.3) is 0 Å². The summed E-state index contributed by atoms with van der Waals surface area (Å²) in [6, 6.07) is 13.3. The number of nitrogens with zero attached hydrogens (tertiary/aromatic N) is 2. The summed E-state index contributed by atoms with van der Waals surface area (Å²) in [5, 5.41) is 3.54. The lowest BCUT2D eigenvalue weighted by Crippen LogP contribution is -2.38. The number of anilines is 1. The van der Waals surface area contributed by atoms with Crippen LogP contribution in [-0.2, 0) is 16.0 Å². The molecule has 0 bridgehead atoms. The first kappa shape index (κ1) is 23.1. The van der Waals surface area contributed by atoms with Gasteiger partial charge in [-0.05, 0) is 55.2 Å². The molecular formula is C24H30ClN3O3. The minimum absolute atomic E-state index is 0.0702. The largest absolute Gasteiger partial charge is 0.497 e. The number of hydrogen-bond acceptors (Lipinski definition) is 4. The second-order valence-electron chi connectivity index (χ2n) is 7.87. The molecule has 1 aliphatic heterocycles. The number of carbonyl (C=O) groups is 2. The molecule has 1 aliphatic rings. The molecule has 0 atom stereocenters. The lowest BCUT2D eigenvalue weighted by atomic mass is 10.1. The molecule has 0 aliphatic carbocycles. The van der Waals surface area contributed by atoms with Crippen molar-refractivity contribution in [1.29, 1.82) is 0 Å². The number of ether oxygens (including phenoxy) is 1. The number of aryl methyl sites for hydroxylation is 2. The highest BCUT2D eigenvalue weighted by Gasteiger charge is 2.20. The van der Waals surface area contributed by atoms with Gasteiger partial charge >= 0.3 is 0 Å². The summed E-state index contributed by atoms with van der Waals surface area (Å²) in [4.78, 5) is 29.1. The van der Waals surface area contributed by atoms with Gasteiger partial charge in [0.1, 0.15) is 5.75 Å². The normalized spacial score (nSPS) is 14.7. The molecule has 0 spiro atoms. The molecule has 2 aromatic rings. The molecule has 31 heavy (non-hydrogen) atoms. The van der Waals surface area contributed by atoms with Crippen molar-refractivity contribution in [2.75, 3.05) is 45.2 Å². The molecule has 0 unspecified atom stereocenters. The minimum Gasteiger partial charge on any atom is -0.497 e. The van der Waals surface area contributed by atoms with E-state index in [9.17, 15) is 9.59 Å². The number of nitrogens with one attached hydrogen (secondary N) is 1. The number of amides is 2. The molecule has 2 amide bonds. The summed E-state index contributed by atoms with van der Waals surface area (Å²) in [5.41, 5.74) is 2.80. The van der Waals surface area contributed by atoms with E-state index in [1.807, 2.05) is 48.2 Å². The predicted octanol–water partition coefficient (Wildman–Crippen LogP) is 3.76. The third-order valence-electron chi connectivity index (χ3n) is 5.55. The Morgan fingerprint density at radius 1 is 1.06 bits per heavy atom. The summed E-state index contributed by atoms with van der Waals surface area (Å²) >= 11 is 6.13. The third-order valence-corrected chi connectivity index (χ3v) is 5.96. The highest BCUT2D eigenvalue weighted by molar-refractivity contribution is 6.31. The van der Waals surface area contributed by atoms with Crippen LogP contribution in [0.5, 0.6) is 5.75 Å². The minimum atomic E-state index is -0.0702. The van der Waals surface area contributed by atoms with Crippen molar-refractivity contribution >= 4 is 29.1 Å². The van der Waals surface area contributed by atoms with Gasteiger partial charge in [0.05, 0.1) is 13.7 Å². The van der Waals surface area contributed by atoms with Gasteiger partial charge in [0.2, 0.25) is 11.8 Å². The van der Waals surface area contributed by atoms with Gasteiger partial charge in [-0.1, -0.05) is 29.8 Å². The number of methoxy groups -OCH3 is 1. The van der Waals surface area contributed by atoms with Crippen molar-refractivity contribution in [2.24, 2.45) is 0 Å². The highest BCUT2D eigenvalue weighted by atomic mass is 35.5. The topological polar surface area (TPSA) is 61.9 Å². The Hall–Kier alpha value is -2.57. The lowest BCUT2D eigenvalue weighted by molar-refractivity contribution is -0.131. The Balaban J connectivity index is 1.43. The van der Waals surface area contributed by atoms with Crippen LogP contribution < -0.4 is 10.1 Å². The number of halogens is 1. The van der Waals surface area contributed by atoms with Gasteiger partial charge in [0, 0.05) is 43.3 Å². The maximum absolute atomic E-state index is 12.7. The van der Waals surface area contributed by atoms with Crippen LogP contribution in [0.2, 0.25) is 5.02 Å². The van der Waals surface area contributed by atoms with Crippen LogP contribution >= 0.6 is 11.6 Å². The van der Waals surface area contributed by atoms with E-state index in [0.29, 0.717) is 43.2 Å². The molecule has 1 saturated heterocycles. The zero-order chi connectivity index (χ0) is 22.2. The van der Waals surface area contributed by atoms with Crippen LogP contribution in [-0.4, -0.2) is 61.4 Å². The van der Waals surface area contributed by atoms with Crippen LogP contribution in [0.25, 0.3) is 0 Å². The van der Waals surface area contributed by atoms with E-state index in [4.69, 9.17) is 16.3 Å². The number of benzene rings is 2. The van der Waals surface area contributed by atoms with E-state index < -0.39 is 0 Å². The third kappa shape index (κ3) is 6.97. The fraction of sp³-hybridized carbons (Fsp3) is 0.417. The van der Waals surface area contributed by atoms with Crippen LogP contribution in [0.1, 0.15) is 24.0 Å². The molecular weight excluding hydrogens is 414 g/mol. The standard InChI is InChI=1S/C24H30ClN3O3/c1-18-4-8-20(16-22(18)25)26-23(29)17-27-12-3-13-28(15-14-27)24(30)11-7-19-5-9-21(31-2)10-6-19/h4-6,8-10,16H,3,7,11-15,17H2,1-2H3,(H,26,29). The van der Waals surface area contributed by atoms with E-state index in [2.05, 4.69) is 10.2 Å². The molecule has 7 heteroatoms. The van der Waals surface area contributed by atoms with E-state index in [1.165, 1.54) is 0 Å². The number of carbonyl (C=O) groups excluding carboxylic acids is 2. The number of rotatable bonds is 7. The Bertz CT molecular complexity index is 901. The van der Waals surface area contributed by atoms with Crippen LogP contribution in [0.3, 0.4) is 0 Å². The van der Waals surface area contributed by atoms with Gasteiger partial charge in [0.15, 0.2) is 0 Å². The van der Waals surface area contributed by atoms with Crippen LogP contribution in [0.15, 0.2) is 42.5 Å². The Morgan fingerprint density at radius 3 is 2.55 bits per heavy atom. The van der Waals surface area contributed by atoms with Crippen molar-refractivity contribution < 1.29 is 14.3 Å². The molecule has 0 saturated carbocycles. The quantitative estimate of drug-likeness (QED) is 0.707. The predicted molar refractivity (Wildman–Crippen MR) is 124 cm³/mol. The monoisotopic (exact) mass is 443 g/mol. The first-order valence-corrected chi connectivity index (χ1v) is 11.0. The second-order valence-corrected chi connectivity index (χ2v) is 8.28. The number of hydrogen-bond donors (Lipinski definition) is 1. The first-order chi connectivity index (χ1) is 14.9. The fourth-order valence-corrected chi connectivity index (χ4v) is 3.83. The van der Waals surface area contributed by atoms with Crippen LogP contribution in [0.4, 0.5) is 5.69 Å². The summed E-state index contributed by atoms with van der Waals surface area (Å²) in [6.07, 6.45) is 2.06. The Morgan fingerprint density at radius 2 is 1.84 bits per heavy atom. The second kappa shape index (κ2) is 11.2. The fourth-order valence-electron chi connectivity index (χ4n) is 3.65. The van der Waals surface area contributed by atoms with Crippen molar-refractivity contribution in [3.8, 4) is 5.75 Å². The van der Waals surface area contributed by atoms with Crippen molar-refractivity contribution in [3.05, 3.63) is 58.6 Å². The molecule has 1 heterocycles. The average molecular weight is 444 g/mol. The molecule has 3 rings (SSSR count). The molecule has 6 nitrogen and oxygen atoms in total. The average Bonchev–Trinajstić information content (AvgIpc) is 3.00. The summed E-state index contributed by atoms with van der Waals surface area (Å²) < 4.78 is 5.17. The SMILES string of the molecule is COc1ccc(CCC(=O)N2CCCN(CC(=O)Nc3ccc(C)c(Cl)c3)CC2)cc1. The van der Waals surface area contributed by atoms with Crippen molar-refractivity contribution in [2.45, 2.75) is 26.2 Å². The van der Waals surface area contributed by atoms with E-state index in [0.717, 1.165) is 36.4 Å². The molecule has 0 aromatic heterocycles. The van der Waals surface area contributed by atoms with Crippen LogP contribution in [0, 0.1) is 6.92 Å². The maximum Gasteiger partial charge on any atom is 0.238 e. The first-order valence-electron chi connectivity index (χ1n) is 10.6. The van der Waals surface area contributed by atoms with Crippen molar-refractivity contribution in [1.82, 2.24) is 9.80 Å². The highest BCUT2D eigenvalue weighted by Crippen LogP contribution is 2.20. The zero-order valence-electron chi connectivity index (χ0n) is 18.2. The van der Waals surface area contributed by atoms with Gasteiger partial charge in [-0.3, -0.25) is 14.5 Å². The molecule has 1 N–H and O–H groups in total. The van der Waals surface area contributed by atoms with E-state index in [1.54, 1.807) is 13.2 Å². The maximum atomic E-state index is 12.7. The molecule has 1 fully saturated rings. The Kier molecular flexibility index (Phi) is 8.32. The summed E-state index contributed by atoms with van der Waals surface area (Å²) in [6.45, 7) is 5.09. The smallest absolute Gasteiger partial charge is 0.238 e.